The van der Waals surface area contributed by atoms with Crippen LogP contribution in [0.25, 0.3) is 0 Å². The second kappa shape index (κ2) is 7.03. The lowest BCUT2D eigenvalue weighted by Gasteiger charge is -2.07. The van der Waals surface area contributed by atoms with Gasteiger partial charge in [-0.3, -0.25) is 10.1 Å². The minimum atomic E-state index is -0.787. The largest absolute Gasteiger partial charge is 0.393 e. The number of aliphatic hydroxyl groups is 1. The molecule has 1 aromatic rings. The van der Waals surface area contributed by atoms with Gasteiger partial charge in [0.05, 0.1) is 11.0 Å². The maximum Gasteiger partial charge on any atom is 0.305 e. The number of nitro groups is 1. The van der Waals surface area contributed by atoms with Crippen LogP contribution in [0.4, 0.5) is 10.1 Å². The Labute approximate surface area is 105 Å². The molecule has 1 aromatic carbocycles. The Morgan fingerprint density at radius 2 is 2.28 bits per heavy atom. The third-order valence-electron chi connectivity index (χ3n) is 2.55. The lowest BCUT2D eigenvalue weighted by Crippen LogP contribution is -2.17. The number of halogens is 1. The molecule has 1 unspecified atom stereocenters. The fraction of sp³-hybridized carbons (Fsp3) is 0.500. The van der Waals surface area contributed by atoms with E-state index in [-0.39, 0.29) is 18.2 Å². The molecule has 2 N–H and O–H groups in total. The Hall–Kier alpha value is -1.53. The number of nitro benzene ring substituents is 1. The molecule has 1 atom stereocenters. The maximum absolute atomic E-state index is 13.6. The fourth-order valence-corrected chi connectivity index (χ4v) is 1.59. The van der Waals surface area contributed by atoms with Crippen LogP contribution in [0, 0.1) is 15.9 Å². The third kappa shape index (κ3) is 4.38. The molecule has 0 heterocycles. The topological polar surface area (TPSA) is 75.4 Å². The summed E-state index contributed by atoms with van der Waals surface area (Å²) in [5.74, 6) is -0.787. The Bertz CT molecular complexity index is 410. The number of aliphatic hydroxyl groups excluding tert-OH is 1. The molecule has 1 rings (SSSR count). The Kier molecular flexibility index (Phi) is 5.67. The molecule has 0 saturated carbocycles. The van der Waals surface area contributed by atoms with Crippen molar-refractivity contribution in [1.82, 2.24) is 5.32 Å². The van der Waals surface area contributed by atoms with Crippen molar-refractivity contribution in [2.75, 3.05) is 6.54 Å². The van der Waals surface area contributed by atoms with Crippen LogP contribution in [0.5, 0.6) is 0 Å². The van der Waals surface area contributed by atoms with Crippen LogP contribution in [0.2, 0.25) is 0 Å². The second-order valence-electron chi connectivity index (χ2n) is 4.18. The highest BCUT2D eigenvalue weighted by Gasteiger charge is 2.16. The van der Waals surface area contributed by atoms with Gasteiger partial charge in [-0.2, -0.15) is 4.39 Å². The van der Waals surface area contributed by atoms with Crippen LogP contribution >= 0.6 is 0 Å². The van der Waals surface area contributed by atoms with E-state index in [2.05, 4.69) is 5.32 Å². The van der Waals surface area contributed by atoms with Gasteiger partial charge in [-0.25, -0.2) is 0 Å². The van der Waals surface area contributed by atoms with Crippen LogP contribution in [0.1, 0.15) is 25.3 Å². The van der Waals surface area contributed by atoms with Crippen molar-refractivity contribution < 1.29 is 14.4 Å². The summed E-state index contributed by atoms with van der Waals surface area (Å²) in [4.78, 5) is 9.81. The van der Waals surface area contributed by atoms with Crippen LogP contribution in [0.15, 0.2) is 18.2 Å². The van der Waals surface area contributed by atoms with Gasteiger partial charge >= 0.3 is 5.69 Å². The Morgan fingerprint density at radius 3 is 2.89 bits per heavy atom. The lowest BCUT2D eigenvalue weighted by molar-refractivity contribution is -0.387. The second-order valence-corrected chi connectivity index (χ2v) is 4.18. The number of hydrogen-bond donors (Lipinski definition) is 2. The van der Waals surface area contributed by atoms with Crippen molar-refractivity contribution in [3.05, 3.63) is 39.7 Å². The highest BCUT2D eigenvalue weighted by Crippen LogP contribution is 2.19. The summed E-state index contributed by atoms with van der Waals surface area (Å²) in [5.41, 5.74) is -0.223. The summed E-state index contributed by atoms with van der Waals surface area (Å²) in [6, 6.07) is 4.13. The average Bonchev–Trinajstić information content (AvgIpc) is 2.30. The highest BCUT2D eigenvalue weighted by molar-refractivity contribution is 5.36. The van der Waals surface area contributed by atoms with Crippen LogP contribution in [0.3, 0.4) is 0 Å². The molecule has 0 spiro atoms. The first-order valence-corrected chi connectivity index (χ1v) is 5.83. The third-order valence-corrected chi connectivity index (χ3v) is 2.55. The quantitative estimate of drug-likeness (QED) is 0.444. The number of rotatable bonds is 7. The molecular weight excluding hydrogens is 239 g/mol. The number of nitrogens with one attached hydrogen (secondary N) is 1. The summed E-state index contributed by atoms with van der Waals surface area (Å²) >= 11 is 0. The van der Waals surface area contributed by atoms with Crippen molar-refractivity contribution in [1.29, 1.82) is 0 Å². The SMILES string of the molecule is CC(O)CCCNCc1cccc([N+](=O)[O-])c1F. The molecule has 0 aliphatic heterocycles. The minimum Gasteiger partial charge on any atom is -0.393 e. The van der Waals surface area contributed by atoms with Gasteiger partial charge in [0, 0.05) is 18.2 Å². The van der Waals surface area contributed by atoms with E-state index in [1.54, 1.807) is 6.92 Å². The number of benzene rings is 1. The minimum absolute atomic E-state index is 0.243. The van der Waals surface area contributed by atoms with E-state index in [1.165, 1.54) is 12.1 Å². The van der Waals surface area contributed by atoms with Crippen LogP contribution < -0.4 is 5.32 Å². The first-order valence-electron chi connectivity index (χ1n) is 5.83. The summed E-state index contributed by atoms with van der Waals surface area (Å²) < 4.78 is 13.6. The predicted octanol–water partition coefficient (Wildman–Crippen LogP) is 1.98. The van der Waals surface area contributed by atoms with Crippen LogP contribution in [-0.2, 0) is 6.54 Å². The normalized spacial score (nSPS) is 12.4. The lowest BCUT2D eigenvalue weighted by atomic mass is 10.1. The van der Waals surface area contributed by atoms with Gasteiger partial charge < -0.3 is 10.4 Å². The first-order chi connectivity index (χ1) is 8.52. The molecule has 18 heavy (non-hydrogen) atoms. The number of hydrogen-bond acceptors (Lipinski definition) is 4. The van der Waals surface area contributed by atoms with Gasteiger partial charge in [0.1, 0.15) is 0 Å². The van der Waals surface area contributed by atoms with E-state index >= 15 is 0 Å². The molecule has 100 valence electrons. The molecule has 0 radical (unpaired) electrons. The van der Waals surface area contributed by atoms with Gasteiger partial charge in [-0.1, -0.05) is 12.1 Å². The summed E-state index contributed by atoms with van der Waals surface area (Å²) in [6.07, 6.45) is 1.10. The molecular formula is C12H17FN2O3. The van der Waals surface area contributed by atoms with Gasteiger partial charge in [-0.05, 0) is 26.3 Å². The van der Waals surface area contributed by atoms with Crippen molar-refractivity contribution in [2.24, 2.45) is 0 Å². The molecule has 0 amide bonds. The molecule has 0 aliphatic rings. The zero-order valence-corrected chi connectivity index (χ0v) is 10.2. The van der Waals surface area contributed by atoms with Crippen molar-refractivity contribution in [2.45, 2.75) is 32.4 Å². The van der Waals surface area contributed by atoms with E-state index in [0.717, 1.165) is 12.5 Å². The van der Waals surface area contributed by atoms with Crippen LogP contribution in [-0.4, -0.2) is 22.7 Å². The molecule has 0 aliphatic carbocycles. The van der Waals surface area contributed by atoms with Crippen molar-refractivity contribution in [3.63, 3.8) is 0 Å². The summed E-state index contributed by atoms with van der Waals surface area (Å²) in [7, 11) is 0. The first kappa shape index (κ1) is 14.5. The van der Waals surface area contributed by atoms with Gasteiger partial charge in [0.2, 0.25) is 5.82 Å². The van der Waals surface area contributed by atoms with E-state index in [4.69, 9.17) is 5.11 Å². The highest BCUT2D eigenvalue weighted by atomic mass is 19.1. The summed E-state index contributed by atoms with van der Waals surface area (Å²) in [5, 5.41) is 22.6. The molecule has 6 heteroatoms. The van der Waals surface area contributed by atoms with Gasteiger partial charge in [0.15, 0.2) is 0 Å². The Morgan fingerprint density at radius 1 is 1.56 bits per heavy atom. The van der Waals surface area contributed by atoms with Gasteiger partial charge in [0.25, 0.3) is 0 Å². The van der Waals surface area contributed by atoms with Crippen molar-refractivity contribution in [3.8, 4) is 0 Å². The predicted molar refractivity (Wildman–Crippen MR) is 65.7 cm³/mol. The zero-order valence-electron chi connectivity index (χ0n) is 10.2. The standard InChI is InChI=1S/C12H17FN2O3/c1-9(16)4-3-7-14-8-10-5-2-6-11(12(10)13)15(17)18/h2,5-6,9,14,16H,3-4,7-8H2,1H3. The van der Waals surface area contributed by atoms with Crippen molar-refractivity contribution >= 4 is 5.69 Å². The Balaban J connectivity index is 2.48. The zero-order chi connectivity index (χ0) is 13.5. The molecule has 0 fully saturated rings. The van der Waals surface area contributed by atoms with E-state index in [1.807, 2.05) is 0 Å². The van der Waals surface area contributed by atoms with Gasteiger partial charge in [-0.15, -0.1) is 0 Å². The van der Waals surface area contributed by atoms with E-state index < -0.39 is 16.4 Å². The molecule has 0 bridgehead atoms. The maximum atomic E-state index is 13.6. The average molecular weight is 256 g/mol. The fourth-order valence-electron chi connectivity index (χ4n) is 1.59. The molecule has 5 nitrogen and oxygen atoms in total. The monoisotopic (exact) mass is 256 g/mol. The smallest absolute Gasteiger partial charge is 0.305 e. The molecule has 0 aromatic heterocycles. The van der Waals surface area contributed by atoms with E-state index in [9.17, 15) is 14.5 Å². The molecule has 0 saturated heterocycles. The van der Waals surface area contributed by atoms with E-state index in [0.29, 0.717) is 13.0 Å². The number of nitrogens with zero attached hydrogens (tertiary/aromatic N) is 1. The summed E-state index contributed by atoms with van der Waals surface area (Å²) in [6.45, 7) is 2.58.